The van der Waals surface area contributed by atoms with Crippen LogP contribution in [0, 0.1) is 6.92 Å². The molecule has 2 unspecified atom stereocenters. The second-order valence-corrected chi connectivity index (χ2v) is 4.17. The summed E-state index contributed by atoms with van der Waals surface area (Å²) in [5.74, 6) is 1.46. The quantitative estimate of drug-likeness (QED) is 0.835. The fourth-order valence-electron chi connectivity index (χ4n) is 1.62. The van der Waals surface area contributed by atoms with Crippen LogP contribution in [0.5, 0.6) is 11.5 Å². The van der Waals surface area contributed by atoms with Gasteiger partial charge in [-0.05, 0) is 38.5 Å². The van der Waals surface area contributed by atoms with Crippen molar-refractivity contribution in [3.05, 3.63) is 23.8 Å². The minimum absolute atomic E-state index is 0.0309. The number of aliphatic hydroxyl groups is 1. The van der Waals surface area contributed by atoms with E-state index in [0.717, 1.165) is 17.1 Å². The summed E-state index contributed by atoms with van der Waals surface area (Å²) >= 11 is 0. The summed E-state index contributed by atoms with van der Waals surface area (Å²) in [6.45, 7) is 5.70. The topological polar surface area (TPSA) is 38.7 Å². The molecule has 16 heavy (non-hydrogen) atoms. The fourth-order valence-corrected chi connectivity index (χ4v) is 1.62. The number of hydrogen-bond donors (Lipinski definition) is 1. The molecule has 0 aliphatic heterocycles. The number of aliphatic hydroxyl groups excluding tert-OH is 1. The molecule has 90 valence electrons. The number of benzene rings is 1. The average Bonchev–Trinajstić information content (AvgIpc) is 2.19. The lowest BCUT2D eigenvalue weighted by Gasteiger charge is -2.18. The zero-order valence-corrected chi connectivity index (χ0v) is 10.4. The summed E-state index contributed by atoms with van der Waals surface area (Å²) in [7, 11) is 1.63. The lowest BCUT2D eigenvalue weighted by molar-refractivity contribution is 0.113. The number of hydrogen-bond acceptors (Lipinski definition) is 3. The normalized spacial score (nSPS) is 14.3. The first-order valence-corrected chi connectivity index (χ1v) is 5.52. The Morgan fingerprint density at radius 1 is 1.25 bits per heavy atom. The number of methoxy groups -OCH3 is 1. The maximum absolute atomic E-state index is 9.26. The van der Waals surface area contributed by atoms with Gasteiger partial charge in [-0.15, -0.1) is 0 Å². The summed E-state index contributed by atoms with van der Waals surface area (Å²) in [5.41, 5.74) is 1.13. The SMILES string of the molecule is COc1cc(C)ccc1OC(C)CC(C)O. The molecule has 0 amide bonds. The van der Waals surface area contributed by atoms with Crippen LogP contribution in [-0.4, -0.2) is 24.4 Å². The molecule has 2 atom stereocenters. The Kier molecular flexibility index (Phi) is 4.62. The lowest BCUT2D eigenvalue weighted by Crippen LogP contribution is -2.18. The molecular formula is C13H20O3. The smallest absolute Gasteiger partial charge is 0.161 e. The van der Waals surface area contributed by atoms with Crippen molar-refractivity contribution in [3.8, 4) is 11.5 Å². The monoisotopic (exact) mass is 224 g/mol. The second kappa shape index (κ2) is 5.75. The molecular weight excluding hydrogens is 204 g/mol. The molecule has 0 heterocycles. The summed E-state index contributed by atoms with van der Waals surface area (Å²) in [5, 5.41) is 9.26. The first-order chi connectivity index (χ1) is 7.52. The van der Waals surface area contributed by atoms with E-state index >= 15 is 0 Å². The molecule has 0 radical (unpaired) electrons. The molecule has 0 aliphatic carbocycles. The Morgan fingerprint density at radius 2 is 1.94 bits per heavy atom. The van der Waals surface area contributed by atoms with Crippen LogP contribution in [0.3, 0.4) is 0 Å². The van der Waals surface area contributed by atoms with Crippen LogP contribution in [0.1, 0.15) is 25.8 Å². The third-order valence-electron chi connectivity index (χ3n) is 2.32. The van der Waals surface area contributed by atoms with E-state index in [-0.39, 0.29) is 12.2 Å². The van der Waals surface area contributed by atoms with Gasteiger partial charge in [0.2, 0.25) is 0 Å². The van der Waals surface area contributed by atoms with Crippen molar-refractivity contribution >= 4 is 0 Å². The highest BCUT2D eigenvalue weighted by Gasteiger charge is 2.11. The van der Waals surface area contributed by atoms with E-state index in [1.54, 1.807) is 14.0 Å². The van der Waals surface area contributed by atoms with Crippen molar-refractivity contribution in [3.63, 3.8) is 0 Å². The van der Waals surface area contributed by atoms with Crippen molar-refractivity contribution in [1.29, 1.82) is 0 Å². The van der Waals surface area contributed by atoms with E-state index in [1.165, 1.54) is 0 Å². The van der Waals surface area contributed by atoms with Gasteiger partial charge in [0.15, 0.2) is 11.5 Å². The largest absolute Gasteiger partial charge is 0.493 e. The van der Waals surface area contributed by atoms with Crippen LogP contribution in [0.4, 0.5) is 0 Å². The number of ether oxygens (including phenoxy) is 2. The molecule has 3 heteroatoms. The minimum Gasteiger partial charge on any atom is -0.493 e. The van der Waals surface area contributed by atoms with Crippen LogP contribution in [0.2, 0.25) is 0 Å². The van der Waals surface area contributed by atoms with E-state index in [9.17, 15) is 5.11 Å². The minimum atomic E-state index is -0.355. The van der Waals surface area contributed by atoms with Crippen molar-refractivity contribution in [1.82, 2.24) is 0 Å². The first kappa shape index (κ1) is 12.8. The van der Waals surface area contributed by atoms with E-state index in [4.69, 9.17) is 9.47 Å². The highest BCUT2D eigenvalue weighted by atomic mass is 16.5. The second-order valence-electron chi connectivity index (χ2n) is 4.17. The molecule has 0 spiro atoms. The standard InChI is InChI=1S/C13H20O3/c1-9-5-6-12(13(7-9)15-4)16-11(3)8-10(2)14/h5-7,10-11,14H,8H2,1-4H3. The third-order valence-corrected chi connectivity index (χ3v) is 2.32. The van der Waals surface area contributed by atoms with Crippen molar-refractivity contribution in [2.24, 2.45) is 0 Å². The van der Waals surface area contributed by atoms with Crippen LogP contribution in [0.15, 0.2) is 18.2 Å². The molecule has 0 bridgehead atoms. The number of aryl methyl sites for hydroxylation is 1. The van der Waals surface area contributed by atoms with Gasteiger partial charge in [-0.25, -0.2) is 0 Å². The third kappa shape index (κ3) is 3.74. The van der Waals surface area contributed by atoms with Gasteiger partial charge in [0.05, 0.1) is 19.3 Å². The Balaban J connectivity index is 2.72. The van der Waals surface area contributed by atoms with Gasteiger partial charge < -0.3 is 14.6 Å². The first-order valence-electron chi connectivity index (χ1n) is 5.52. The number of rotatable bonds is 5. The Hall–Kier alpha value is -1.22. The van der Waals surface area contributed by atoms with Crippen LogP contribution in [-0.2, 0) is 0 Å². The molecule has 1 rings (SSSR count). The zero-order chi connectivity index (χ0) is 12.1. The molecule has 0 aliphatic rings. The van der Waals surface area contributed by atoms with Crippen molar-refractivity contribution < 1.29 is 14.6 Å². The molecule has 1 aromatic carbocycles. The fraction of sp³-hybridized carbons (Fsp3) is 0.538. The Morgan fingerprint density at radius 3 is 2.50 bits per heavy atom. The maximum Gasteiger partial charge on any atom is 0.161 e. The molecule has 0 saturated heterocycles. The molecule has 0 fully saturated rings. The van der Waals surface area contributed by atoms with Gasteiger partial charge in [0.25, 0.3) is 0 Å². The highest BCUT2D eigenvalue weighted by molar-refractivity contribution is 5.42. The summed E-state index contributed by atoms with van der Waals surface area (Å²) in [6, 6.07) is 5.81. The van der Waals surface area contributed by atoms with Gasteiger partial charge in [-0.1, -0.05) is 6.07 Å². The Labute approximate surface area is 97.0 Å². The van der Waals surface area contributed by atoms with E-state index in [2.05, 4.69) is 0 Å². The molecule has 1 aromatic rings. The molecule has 0 aromatic heterocycles. The Bertz CT molecular complexity index is 334. The van der Waals surface area contributed by atoms with Gasteiger partial charge >= 0.3 is 0 Å². The van der Waals surface area contributed by atoms with Gasteiger partial charge in [0.1, 0.15) is 0 Å². The van der Waals surface area contributed by atoms with Crippen molar-refractivity contribution in [2.75, 3.05) is 7.11 Å². The van der Waals surface area contributed by atoms with Crippen LogP contribution in [0.25, 0.3) is 0 Å². The maximum atomic E-state index is 9.26. The van der Waals surface area contributed by atoms with E-state index in [1.807, 2.05) is 32.0 Å². The predicted molar refractivity (Wildman–Crippen MR) is 64.1 cm³/mol. The average molecular weight is 224 g/mol. The molecule has 0 saturated carbocycles. The van der Waals surface area contributed by atoms with E-state index in [0.29, 0.717) is 6.42 Å². The van der Waals surface area contributed by atoms with Crippen molar-refractivity contribution in [2.45, 2.75) is 39.4 Å². The summed E-state index contributed by atoms with van der Waals surface area (Å²) in [4.78, 5) is 0. The van der Waals surface area contributed by atoms with E-state index < -0.39 is 0 Å². The van der Waals surface area contributed by atoms with Gasteiger partial charge in [-0.2, -0.15) is 0 Å². The molecule has 1 N–H and O–H groups in total. The predicted octanol–water partition coefficient (Wildman–Crippen LogP) is 2.54. The molecule has 3 nitrogen and oxygen atoms in total. The highest BCUT2D eigenvalue weighted by Crippen LogP contribution is 2.29. The van der Waals surface area contributed by atoms with Gasteiger partial charge in [-0.3, -0.25) is 0 Å². The van der Waals surface area contributed by atoms with Gasteiger partial charge in [0, 0.05) is 6.42 Å². The summed E-state index contributed by atoms with van der Waals surface area (Å²) < 4.78 is 11.0. The lowest BCUT2D eigenvalue weighted by atomic mass is 10.2. The van der Waals surface area contributed by atoms with Crippen LogP contribution >= 0.6 is 0 Å². The summed E-state index contributed by atoms with van der Waals surface area (Å²) in [6.07, 6.45) is 0.222. The zero-order valence-electron chi connectivity index (χ0n) is 10.4. The van der Waals surface area contributed by atoms with Crippen LogP contribution < -0.4 is 9.47 Å².